The lowest BCUT2D eigenvalue weighted by Gasteiger charge is -2.10. The van der Waals surface area contributed by atoms with Crippen LogP contribution in [-0.2, 0) is 0 Å². The second-order valence-corrected chi connectivity index (χ2v) is 2.77. The molecule has 0 saturated heterocycles. The number of aldehydes is 1. The molecule has 1 aromatic carbocycles. The van der Waals surface area contributed by atoms with Crippen LogP contribution in [0.4, 0.5) is 0 Å². The monoisotopic (exact) mass is 189 g/mol. The molecule has 0 unspecified atom stereocenters. The van der Waals surface area contributed by atoms with Crippen LogP contribution in [0.25, 0.3) is 0 Å². The van der Waals surface area contributed by atoms with Gasteiger partial charge >= 0.3 is 0 Å². The maximum absolute atomic E-state index is 10.9. The van der Waals surface area contributed by atoms with Gasteiger partial charge in [0, 0.05) is 15.6 Å². The Morgan fingerprint density at radius 2 is 2.00 bits per heavy atom. The molecule has 11 heavy (non-hydrogen) atoms. The van der Waals surface area contributed by atoms with Gasteiger partial charge in [-0.05, 0) is 12.1 Å². The van der Waals surface area contributed by atoms with Crippen LogP contribution in [0.1, 0.15) is 10.4 Å². The van der Waals surface area contributed by atoms with Gasteiger partial charge in [-0.1, -0.05) is 29.0 Å². The fraction of sp³-hybridized carbons (Fsp3) is 0. The molecule has 1 aromatic rings. The molecule has 0 fully saturated rings. The van der Waals surface area contributed by atoms with Crippen molar-refractivity contribution >= 4 is 29.5 Å². The van der Waals surface area contributed by atoms with Crippen molar-refractivity contribution in [3.63, 3.8) is 0 Å². The summed E-state index contributed by atoms with van der Waals surface area (Å²) in [4.78, 5) is 10.2. The number of benzene rings is 1. The molecule has 0 aliphatic heterocycles. The van der Waals surface area contributed by atoms with Gasteiger partial charge < -0.3 is 5.11 Å². The van der Waals surface area contributed by atoms with Crippen LogP contribution in [0, 0.1) is 0 Å². The van der Waals surface area contributed by atoms with Gasteiger partial charge in [0.1, 0.15) is 6.29 Å². The van der Waals surface area contributed by atoms with E-state index in [4.69, 9.17) is 23.2 Å². The fourth-order valence-corrected chi connectivity index (χ4v) is 1.18. The van der Waals surface area contributed by atoms with Crippen molar-refractivity contribution in [2.24, 2.45) is 0 Å². The van der Waals surface area contributed by atoms with Crippen molar-refractivity contribution in [3.8, 4) is 5.75 Å². The van der Waals surface area contributed by atoms with E-state index in [1.807, 2.05) is 0 Å². The molecule has 0 aromatic heterocycles. The number of carbonyl (C=O) groups is 1. The molecule has 0 spiro atoms. The summed E-state index contributed by atoms with van der Waals surface area (Å²) in [6, 6.07) is 2.58. The molecule has 58 valence electrons. The summed E-state index contributed by atoms with van der Waals surface area (Å²) in [6.45, 7) is 0. The minimum absolute atomic E-state index is 0.0116. The van der Waals surface area contributed by atoms with E-state index in [-0.39, 0.29) is 15.6 Å². The summed E-state index contributed by atoms with van der Waals surface area (Å²) in [5, 5.41) is 11.2. The molecule has 0 saturated carbocycles. The molecule has 2 nitrogen and oxygen atoms in total. The number of hydrogen-bond donors (Lipinski definition) is 0. The maximum Gasteiger partial charge on any atom is 0.149 e. The van der Waals surface area contributed by atoms with E-state index in [0.29, 0.717) is 6.29 Å². The Hall–Kier alpha value is -0.730. The smallest absolute Gasteiger partial charge is 0.149 e. The molecule has 0 N–H and O–H groups in total. The van der Waals surface area contributed by atoms with Gasteiger partial charge in [-0.2, -0.15) is 0 Å². The summed E-state index contributed by atoms with van der Waals surface area (Å²) in [7, 11) is 0. The molecule has 0 atom stereocenters. The Bertz CT molecular complexity index is 297. The predicted octanol–water partition coefficient (Wildman–Crippen LogP) is 1.88. The largest absolute Gasteiger partial charge is 0.871 e. The average Bonchev–Trinajstić information content (AvgIpc) is 1.96. The van der Waals surface area contributed by atoms with E-state index in [2.05, 4.69) is 0 Å². The zero-order valence-corrected chi connectivity index (χ0v) is 6.82. The van der Waals surface area contributed by atoms with Gasteiger partial charge in [-0.3, -0.25) is 4.79 Å². The predicted molar refractivity (Wildman–Crippen MR) is 41.3 cm³/mol. The fourth-order valence-electron chi connectivity index (χ4n) is 0.668. The highest BCUT2D eigenvalue weighted by atomic mass is 35.5. The first kappa shape index (κ1) is 8.37. The molecule has 4 heteroatoms. The third kappa shape index (κ3) is 1.64. The standard InChI is InChI=1S/C7H4Cl2O2/c8-5-1-4(3-10)7(11)6(9)2-5/h1-3,11H/p-1. The quantitative estimate of drug-likeness (QED) is 0.634. The molecule has 0 amide bonds. The van der Waals surface area contributed by atoms with Crippen LogP contribution >= 0.6 is 23.2 Å². The Morgan fingerprint density at radius 3 is 2.55 bits per heavy atom. The highest BCUT2D eigenvalue weighted by molar-refractivity contribution is 6.36. The van der Waals surface area contributed by atoms with E-state index in [0.717, 1.165) is 0 Å². The van der Waals surface area contributed by atoms with Crippen molar-refractivity contribution in [2.45, 2.75) is 0 Å². The van der Waals surface area contributed by atoms with Gasteiger partial charge in [-0.15, -0.1) is 0 Å². The van der Waals surface area contributed by atoms with Gasteiger partial charge in [0.15, 0.2) is 0 Å². The third-order valence-electron chi connectivity index (χ3n) is 1.16. The van der Waals surface area contributed by atoms with Gasteiger partial charge in [0.25, 0.3) is 0 Å². The zero-order valence-electron chi connectivity index (χ0n) is 5.30. The summed E-state index contributed by atoms with van der Waals surface area (Å²) < 4.78 is 0. The second-order valence-electron chi connectivity index (χ2n) is 1.92. The molecular weight excluding hydrogens is 187 g/mol. The molecule has 0 aliphatic carbocycles. The van der Waals surface area contributed by atoms with Crippen LogP contribution in [0.5, 0.6) is 5.75 Å². The Labute approximate surface area is 73.4 Å². The van der Waals surface area contributed by atoms with Crippen molar-refractivity contribution < 1.29 is 9.90 Å². The molecule has 0 bridgehead atoms. The topological polar surface area (TPSA) is 40.1 Å². The van der Waals surface area contributed by atoms with Crippen LogP contribution in [0.3, 0.4) is 0 Å². The van der Waals surface area contributed by atoms with Crippen molar-refractivity contribution in [1.82, 2.24) is 0 Å². The summed E-state index contributed by atoms with van der Waals surface area (Å²) in [6.07, 6.45) is 0.431. The van der Waals surface area contributed by atoms with Crippen molar-refractivity contribution in [3.05, 3.63) is 27.7 Å². The molecule has 1 rings (SSSR count). The Balaban J connectivity index is 3.35. The molecular formula is C7H3Cl2O2-. The summed E-state index contributed by atoms with van der Waals surface area (Å²) in [5.41, 5.74) is -0.0116. The molecule has 0 heterocycles. The van der Waals surface area contributed by atoms with E-state index < -0.39 is 5.75 Å². The third-order valence-corrected chi connectivity index (χ3v) is 1.66. The normalized spacial score (nSPS) is 9.64. The molecule has 0 radical (unpaired) electrons. The van der Waals surface area contributed by atoms with Crippen LogP contribution < -0.4 is 5.11 Å². The second kappa shape index (κ2) is 3.11. The van der Waals surface area contributed by atoms with Gasteiger partial charge in [0.05, 0.1) is 0 Å². The lowest BCUT2D eigenvalue weighted by Crippen LogP contribution is -1.96. The SMILES string of the molecule is O=Cc1cc(Cl)cc(Cl)c1[O-]. The minimum atomic E-state index is -0.480. The van der Waals surface area contributed by atoms with E-state index in [9.17, 15) is 9.90 Å². The van der Waals surface area contributed by atoms with Gasteiger partial charge in [0.2, 0.25) is 0 Å². The van der Waals surface area contributed by atoms with Crippen LogP contribution in [-0.4, -0.2) is 6.29 Å². The van der Waals surface area contributed by atoms with E-state index in [1.54, 1.807) is 0 Å². The van der Waals surface area contributed by atoms with E-state index in [1.165, 1.54) is 12.1 Å². The average molecular weight is 190 g/mol. The zero-order chi connectivity index (χ0) is 8.43. The first-order valence-corrected chi connectivity index (χ1v) is 3.52. The Kier molecular flexibility index (Phi) is 2.37. The van der Waals surface area contributed by atoms with Crippen LogP contribution in [0.15, 0.2) is 12.1 Å². The van der Waals surface area contributed by atoms with Crippen molar-refractivity contribution in [2.75, 3.05) is 0 Å². The van der Waals surface area contributed by atoms with E-state index >= 15 is 0 Å². The highest BCUT2D eigenvalue weighted by Gasteiger charge is 1.98. The maximum atomic E-state index is 10.9. The van der Waals surface area contributed by atoms with Crippen LogP contribution in [0.2, 0.25) is 10.0 Å². The first-order valence-electron chi connectivity index (χ1n) is 2.76. The lowest BCUT2D eigenvalue weighted by molar-refractivity contribution is -0.268. The number of carbonyl (C=O) groups excluding carboxylic acids is 1. The number of halogens is 2. The Morgan fingerprint density at radius 1 is 1.36 bits per heavy atom. The molecule has 0 aliphatic rings. The number of hydrogen-bond acceptors (Lipinski definition) is 2. The summed E-state index contributed by atoms with van der Waals surface area (Å²) >= 11 is 11.0. The summed E-state index contributed by atoms with van der Waals surface area (Å²) in [5.74, 6) is -0.480. The lowest BCUT2D eigenvalue weighted by atomic mass is 10.2. The number of rotatable bonds is 1. The highest BCUT2D eigenvalue weighted by Crippen LogP contribution is 2.27. The van der Waals surface area contributed by atoms with Gasteiger partial charge in [-0.25, -0.2) is 0 Å². The van der Waals surface area contributed by atoms with Crippen molar-refractivity contribution in [1.29, 1.82) is 0 Å². The minimum Gasteiger partial charge on any atom is -0.871 e. The first-order chi connectivity index (χ1) is 5.15.